The van der Waals surface area contributed by atoms with Crippen LogP contribution in [0.25, 0.3) is 0 Å². The van der Waals surface area contributed by atoms with Crippen LogP contribution in [0.5, 0.6) is 0 Å². The molecule has 7 nitrogen and oxygen atoms in total. The van der Waals surface area contributed by atoms with E-state index in [4.69, 9.17) is 0 Å². The van der Waals surface area contributed by atoms with Crippen molar-refractivity contribution in [2.75, 3.05) is 0 Å². The number of nitrogens with one attached hydrogen (secondary N) is 1. The van der Waals surface area contributed by atoms with Crippen LogP contribution in [0.4, 0.5) is 5.69 Å². The first-order chi connectivity index (χ1) is 12.6. The van der Waals surface area contributed by atoms with Crippen LogP contribution in [0.2, 0.25) is 0 Å². The Kier molecular flexibility index (Phi) is 5.38. The summed E-state index contributed by atoms with van der Waals surface area (Å²) in [6.07, 6.45) is 3.57. The molecule has 0 unspecified atom stereocenters. The van der Waals surface area contributed by atoms with Crippen LogP contribution in [0.15, 0.2) is 67.0 Å². The number of nitro benzene ring substituents is 1. The summed E-state index contributed by atoms with van der Waals surface area (Å²) < 4.78 is 1.81. The molecule has 0 aliphatic heterocycles. The minimum Gasteiger partial charge on any atom is -0.352 e. The van der Waals surface area contributed by atoms with E-state index in [1.54, 1.807) is 24.4 Å². The molecule has 1 aromatic heterocycles. The van der Waals surface area contributed by atoms with Crippen LogP contribution in [0.1, 0.15) is 16.7 Å². The second kappa shape index (κ2) is 8.06. The Morgan fingerprint density at radius 3 is 2.42 bits per heavy atom. The minimum absolute atomic E-state index is 0.0293. The fraction of sp³-hybridized carbons (Fsp3) is 0.158. The van der Waals surface area contributed by atoms with Crippen molar-refractivity contribution in [3.8, 4) is 0 Å². The first-order valence-electron chi connectivity index (χ1n) is 8.16. The highest BCUT2D eigenvalue weighted by Gasteiger charge is 2.15. The Balaban J connectivity index is 1.64. The van der Waals surface area contributed by atoms with Crippen molar-refractivity contribution >= 4 is 11.6 Å². The van der Waals surface area contributed by atoms with E-state index in [1.807, 2.05) is 41.2 Å². The largest absolute Gasteiger partial charge is 0.352 e. The number of hydrogen-bond donors (Lipinski definition) is 1. The van der Waals surface area contributed by atoms with E-state index in [0.29, 0.717) is 18.7 Å². The molecule has 7 heteroatoms. The molecule has 132 valence electrons. The Hall–Kier alpha value is -3.48. The number of nitro groups is 1. The van der Waals surface area contributed by atoms with Gasteiger partial charge in [-0.2, -0.15) is 5.10 Å². The summed E-state index contributed by atoms with van der Waals surface area (Å²) in [5, 5.41) is 18.1. The highest BCUT2D eigenvalue weighted by Crippen LogP contribution is 2.18. The van der Waals surface area contributed by atoms with E-state index in [2.05, 4.69) is 10.4 Å². The fourth-order valence-electron chi connectivity index (χ4n) is 2.72. The Bertz CT molecular complexity index is 907. The van der Waals surface area contributed by atoms with Gasteiger partial charge in [-0.3, -0.25) is 19.6 Å². The van der Waals surface area contributed by atoms with Gasteiger partial charge in [0.15, 0.2) is 0 Å². The van der Waals surface area contributed by atoms with E-state index in [-0.39, 0.29) is 18.0 Å². The van der Waals surface area contributed by atoms with E-state index >= 15 is 0 Å². The van der Waals surface area contributed by atoms with Gasteiger partial charge in [0, 0.05) is 30.6 Å². The number of carbonyl (C=O) groups is 1. The van der Waals surface area contributed by atoms with Crippen molar-refractivity contribution in [3.63, 3.8) is 0 Å². The Morgan fingerprint density at radius 1 is 1.04 bits per heavy atom. The molecule has 0 bridgehead atoms. The van der Waals surface area contributed by atoms with Gasteiger partial charge in [0.05, 0.1) is 17.9 Å². The summed E-state index contributed by atoms with van der Waals surface area (Å²) in [6, 6.07) is 15.9. The molecular formula is C19H18N4O3. The minimum atomic E-state index is -0.470. The zero-order valence-corrected chi connectivity index (χ0v) is 14.0. The van der Waals surface area contributed by atoms with Crippen molar-refractivity contribution in [1.82, 2.24) is 15.1 Å². The van der Waals surface area contributed by atoms with Gasteiger partial charge in [-0.05, 0) is 17.2 Å². The van der Waals surface area contributed by atoms with Gasteiger partial charge in [-0.25, -0.2) is 0 Å². The molecule has 0 atom stereocenters. The third kappa shape index (κ3) is 4.32. The highest BCUT2D eigenvalue weighted by molar-refractivity contribution is 5.79. The quantitative estimate of drug-likeness (QED) is 0.524. The van der Waals surface area contributed by atoms with Gasteiger partial charge in [0.25, 0.3) is 5.69 Å². The summed E-state index contributed by atoms with van der Waals surface area (Å²) in [5.41, 5.74) is 2.41. The number of carbonyl (C=O) groups excluding carboxylic acids is 1. The molecule has 0 aliphatic carbocycles. The second-order valence-electron chi connectivity index (χ2n) is 5.81. The molecule has 0 radical (unpaired) electrons. The molecule has 1 heterocycles. The number of nitrogens with zero attached hydrogens (tertiary/aromatic N) is 3. The number of hydrogen-bond acceptors (Lipinski definition) is 4. The maximum absolute atomic E-state index is 12.2. The van der Waals surface area contributed by atoms with E-state index in [1.165, 1.54) is 6.07 Å². The molecule has 3 aromatic rings. The topological polar surface area (TPSA) is 90.1 Å². The van der Waals surface area contributed by atoms with Gasteiger partial charge < -0.3 is 5.32 Å². The lowest BCUT2D eigenvalue weighted by Gasteiger charge is -2.11. The predicted molar refractivity (Wildman–Crippen MR) is 96.4 cm³/mol. The standard InChI is InChI=1S/C19H18N4O3/c24-19(12-15-6-3-4-9-18(15)23(25)26)20-13-16-7-1-2-8-17(16)14-22-11-5-10-21-22/h1-11H,12-14H2,(H,20,24). The van der Waals surface area contributed by atoms with Gasteiger partial charge in [-0.15, -0.1) is 0 Å². The fourth-order valence-corrected chi connectivity index (χ4v) is 2.72. The summed E-state index contributed by atoms with van der Waals surface area (Å²) in [6.45, 7) is 0.972. The van der Waals surface area contributed by atoms with Crippen molar-refractivity contribution in [2.24, 2.45) is 0 Å². The normalized spacial score (nSPS) is 10.5. The first kappa shape index (κ1) is 17.3. The summed E-state index contributed by atoms with van der Waals surface area (Å²) in [4.78, 5) is 22.8. The van der Waals surface area contributed by atoms with Crippen molar-refractivity contribution in [2.45, 2.75) is 19.5 Å². The second-order valence-corrected chi connectivity index (χ2v) is 5.81. The van der Waals surface area contributed by atoms with Crippen LogP contribution in [-0.4, -0.2) is 20.6 Å². The van der Waals surface area contributed by atoms with Crippen LogP contribution < -0.4 is 5.32 Å². The molecule has 0 fully saturated rings. The number of para-hydroxylation sites is 1. The lowest BCUT2D eigenvalue weighted by Crippen LogP contribution is -2.25. The molecule has 0 spiro atoms. The van der Waals surface area contributed by atoms with Gasteiger partial charge in [-0.1, -0.05) is 42.5 Å². The maximum Gasteiger partial charge on any atom is 0.273 e. The molecule has 2 aromatic carbocycles. The summed E-state index contributed by atoms with van der Waals surface area (Å²) in [5.74, 6) is -0.256. The molecule has 0 saturated carbocycles. The zero-order valence-electron chi connectivity index (χ0n) is 14.0. The predicted octanol–water partition coefficient (Wildman–Crippen LogP) is 2.70. The number of benzene rings is 2. The van der Waals surface area contributed by atoms with Crippen LogP contribution in [0.3, 0.4) is 0 Å². The van der Waals surface area contributed by atoms with Gasteiger partial charge in [0.2, 0.25) is 5.91 Å². The van der Waals surface area contributed by atoms with E-state index < -0.39 is 4.92 Å². The number of amides is 1. The van der Waals surface area contributed by atoms with Crippen molar-refractivity contribution in [1.29, 1.82) is 0 Å². The van der Waals surface area contributed by atoms with Crippen LogP contribution >= 0.6 is 0 Å². The van der Waals surface area contributed by atoms with Crippen LogP contribution in [-0.2, 0) is 24.3 Å². The Morgan fingerprint density at radius 2 is 1.73 bits per heavy atom. The van der Waals surface area contributed by atoms with Crippen LogP contribution in [0, 0.1) is 10.1 Å². The van der Waals surface area contributed by atoms with E-state index in [9.17, 15) is 14.9 Å². The average Bonchev–Trinajstić information content (AvgIpc) is 3.14. The lowest BCUT2D eigenvalue weighted by atomic mass is 10.1. The molecule has 0 saturated heterocycles. The number of aromatic nitrogens is 2. The summed E-state index contributed by atoms with van der Waals surface area (Å²) >= 11 is 0. The molecule has 26 heavy (non-hydrogen) atoms. The van der Waals surface area contributed by atoms with E-state index in [0.717, 1.165) is 11.1 Å². The average molecular weight is 350 g/mol. The van der Waals surface area contributed by atoms with Crippen molar-refractivity contribution in [3.05, 3.63) is 93.8 Å². The molecular weight excluding hydrogens is 332 g/mol. The third-order valence-corrected chi connectivity index (χ3v) is 4.03. The molecule has 0 aliphatic rings. The zero-order chi connectivity index (χ0) is 18.4. The SMILES string of the molecule is O=C(Cc1ccccc1[N+](=O)[O-])NCc1ccccc1Cn1cccn1. The molecule has 3 rings (SSSR count). The monoisotopic (exact) mass is 350 g/mol. The van der Waals surface area contributed by atoms with Gasteiger partial charge in [0.1, 0.15) is 0 Å². The first-order valence-corrected chi connectivity index (χ1v) is 8.16. The third-order valence-electron chi connectivity index (χ3n) is 4.03. The highest BCUT2D eigenvalue weighted by atomic mass is 16.6. The molecule has 1 amide bonds. The lowest BCUT2D eigenvalue weighted by molar-refractivity contribution is -0.385. The maximum atomic E-state index is 12.2. The summed E-state index contributed by atoms with van der Waals surface area (Å²) in [7, 11) is 0. The Labute approximate surface area is 150 Å². The molecule has 1 N–H and O–H groups in total. The smallest absolute Gasteiger partial charge is 0.273 e. The van der Waals surface area contributed by atoms with Crippen molar-refractivity contribution < 1.29 is 9.72 Å². The van der Waals surface area contributed by atoms with Gasteiger partial charge >= 0.3 is 0 Å². The number of rotatable bonds is 7.